The second-order valence-electron chi connectivity index (χ2n) is 5.43. The first kappa shape index (κ1) is 14.5. The highest BCUT2D eigenvalue weighted by Gasteiger charge is 2.37. The number of hydrogen-bond donors (Lipinski definition) is 3. The van der Waals surface area contributed by atoms with Crippen LogP contribution in [-0.4, -0.2) is 35.3 Å². The molecule has 0 aromatic carbocycles. The molecule has 2 amide bonds. The average molecular weight is 280 g/mol. The van der Waals surface area contributed by atoms with Crippen molar-refractivity contribution in [3.05, 3.63) is 23.2 Å². The molecule has 1 aliphatic heterocycles. The average Bonchev–Trinajstić information content (AvgIpc) is 2.75. The van der Waals surface area contributed by atoms with Crippen molar-refractivity contribution in [2.45, 2.75) is 32.9 Å². The maximum Gasteiger partial charge on any atom is 0.301 e. The second kappa shape index (κ2) is 5.26. The number of nitrogens with one attached hydrogen (secondary N) is 2. The molecule has 0 radical (unpaired) electrons. The molecule has 0 unspecified atom stereocenters. The molecule has 7 heteroatoms. The van der Waals surface area contributed by atoms with Gasteiger partial charge in [-0.05, 0) is 26.8 Å². The Morgan fingerprint density at radius 3 is 2.95 bits per heavy atom. The van der Waals surface area contributed by atoms with Gasteiger partial charge in [-0.1, -0.05) is 0 Å². The second-order valence-corrected chi connectivity index (χ2v) is 5.43. The molecule has 0 atom stereocenters. The fourth-order valence-corrected chi connectivity index (χ4v) is 2.33. The maximum absolute atomic E-state index is 11.9. The molecule has 0 saturated carbocycles. The quantitative estimate of drug-likeness (QED) is 0.408. The summed E-state index contributed by atoms with van der Waals surface area (Å²) in [7, 11) is 0. The van der Waals surface area contributed by atoms with Crippen molar-refractivity contribution < 1.29 is 14.0 Å². The number of rotatable bonds is 3. The SMILES string of the molecule is Cc1cc(CN2CCNC(=O)C2(C)C)oc1C(=O)NN. The molecule has 2 heterocycles. The summed E-state index contributed by atoms with van der Waals surface area (Å²) in [5.74, 6) is 5.50. The molecule has 110 valence electrons. The van der Waals surface area contributed by atoms with Gasteiger partial charge in [-0.15, -0.1) is 0 Å². The van der Waals surface area contributed by atoms with Crippen LogP contribution >= 0.6 is 0 Å². The van der Waals surface area contributed by atoms with Gasteiger partial charge < -0.3 is 9.73 Å². The van der Waals surface area contributed by atoms with E-state index in [1.54, 1.807) is 13.0 Å². The number of amides is 2. The van der Waals surface area contributed by atoms with Crippen molar-refractivity contribution in [1.82, 2.24) is 15.6 Å². The zero-order valence-corrected chi connectivity index (χ0v) is 11.9. The molecular weight excluding hydrogens is 260 g/mol. The maximum atomic E-state index is 11.9. The van der Waals surface area contributed by atoms with Gasteiger partial charge in [0.25, 0.3) is 0 Å². The van der Waals surface area contributed by atoms with E-state index in [-0.39, 0.29) is 11.7 Å². The molecule has 1 saturated heterocycles. The molecule has 0 bridgehead atoms. The Balaban J connectivity index is 2.18. The number of piperazine rings is 1. The highest BCUT2D eigenvalue weighted by molar-refractivity contribution is 5.92. The molecule has 2 rings (SSSR count). The summed E-state index contributed by atoms with van der Waals surface area (Å²) in [6.07, 6.45) is 0. The van der Waals surface area contributed by atoms with E-state index in [2.05, 4.69) is 10.7 Å². The van der Waals surface area contributed by atoms with Crippen LogP contribution < -0.4 is 16.6 Å². The summed E-state index contributed by atoms with van der Waals surface area (Å²) < 4.78 is 5.53. The largest absolute Gasteiger partial charge is 0.454 e. The summed E-state index contributed by atoms with van der Waals surface area (Å²) in [4.78, 5) is 25.4. The molecule has 7 nitrogen and oxygen atoms in total. The summed E-state index contributed by atoms with van der Waals surface area (Å²) in [6, 6.07) is 1.80. The zero-order valence-electron chi connectivity index (χ0n) is 11.9. The van der Waals surface area contributed by atoms with Crippen LogP contribution in [0, 0.1) is 6.92 Å². The van der Waals surface area contributed by atoms with Crippen LogP contribution in [0.4, 0.5) is 0 Å². The molecule has 4 N–H and O–H groups in total. The highest BCUT2D eigenvalue weighted by atomic mass is 16.4. The third kappa shape index (κ3) is 2.54. The summed E-state index contributed by atoms with van der Waals surface area (Å²) in [5, 5.41) is 2.84. The number of nitrogens with zero attached hydrogens (tertiary/aromatic N) is 1. The standard InChI is InChI=1S/C13H20N4O3/c1-8-6-9(20-10(8)11(18)16-14)7-17-5-4-15-12(19)13(17,2)3/h6H,4-5,7,14H2,1-3H3,(H,15,19)(H,16,18). The normalized spacial score (nSPS) is 18.7. The Hall–Kier alpha value is -1.86. The summed E-state index contributed by atoms with van der Waals surface area (Å²) >= 11 is 0. The van der Waals surface area contributed by atoms with Crippen molar-refractivity contribution in [2.75, 3.05) is 13.1 Å². The molecule has 1 aromatic heterocycles. The van der Waals surface area contributed by atoms with Gasteiger partial charge in [-0.3, -0.25) is 19.9 Å². The van der Waals surface area contributed by atoms with E-state index >= 15 is 0 Å². The van der Waals surface area contributed by atoms with Crippen LogP contribution in [0.25, 0.3) is 0 Å². The Morgan fingerprint density at radius 1 is 1.60 bits per heavy atom. The first-order chi connectivity index (χ1) is 9.36. The zero-order chi connectivity index (χ0) is 14.9. The van der Waals surface area contributed by atoms with Crippen LogP contribution in [0.15, 0.2) is 10.5 Å². The van der Waals surface area contributed by atoms with E-state index in [9.17, 15) is 9.59 Å². The van der Waals surface area contributed by atoms with Gasteiger partial charge in [0.05, 0.1) is 12.1 Å². The first-order valence-corrected chi connectivity index (χ1v) is 6.50. The Labute approximate surface area is 117 Å². The molecule has 20 heavy (non-hydrogen) atoms. The molecule has 1 aromatic rings. The number of nitrogen functional groups attached to an aromatic ring is 1. The smallest absolute Gasteiger partial charge is 0.301 e. The number of carbonyl (C=O) groups is 2. The Bertz CT molecular complexity index is 536. The van der Waals surface area contributed by atoms with Crippen molar-refractivity contribution in [1.29, 1.82) is 0 Å². The topological polar surface area (TPSA) is 101 Å². The third-order valence-electron chi connectivity index (χ3n) is 3.67. The molecular formula is C13H20N4O3. The van der Waals surface area contributed by atoms with Crippen LogP contribution in [0.2, 0.25) is 0 Å². The number of hydrogen-bond acceptors (Lipinski definition) is 5. The fourth-order valence-electron chi connectivity index (χ4n) is 2.33. The van der Waals surface area contributed by atoms with Gasteiger partial charge in [0.2, 0.25) is 5.91 Å². The molecule has 0 aliphatic carbocycles. The third-order valence-corrected chi connectivity index (χ3v) is 3.67. The Kier molecular flexibility index (Phi) is 3.82. The van der Waals surface area contributed by atoms with E-state index in [0.29, 0.717) is 18.8 Å². The van der Waals surface area contributed by atoms with E-state index in [1.807, 2.05) is 18.7 Å². The van der Waals surface area contributed by atoms with Gasteiger partial charge in [0.15, 0.2) is 5.76 Å². The molecule has 1 aliphatic rings. The van der Waals surface area contributed by atoms with E-state index in [4.69, 9.17) is 10.3 Å². The number of aryl methyl sites for hydroxylation is 1. The van der Waals surface area contributed by atoms with Crippen molar-refractivity contribution >= 4 is 11.8 Å². The van der Waals surface area contributed by atoms with Gasteiger partial charge in [0, 0.05) is 18.7 Å². The van der Waals surface area contributed by atoms with E-state index in [0.717, 1.165) is 12.1 Å². The van der Waals surface area contributed by atoms with Gasteiger partial charge in [0.1, 0.15) is 5.76 Å². The lowest BCUT2D eigenvalue weighted by Crippen LogP contribution is -2.61. The summed E-state index contributed by atoms with van der Waals surface area (Å²) in [6.45, 7) is 7.33. The minimum atomic E-state index is -0.602. The number of nitrogens with two attached hydrogens (primary N) is 1. The predicted molar refractivity (Wildman–Crippen MR) is 72.6 cm³/mol. The fraction of sp³-hybridized carbons (Fsp3) is 0.538. The van der Waals surface area contributed by atoms with Crippen LogP contribution in [0.1, 0.15) is 35.7 Å². The van der Waals surface area contributed by atoms with Crippen LogP contribution in [0.5, 0.6) is 0 Å². The number of furan rings is 1. The van der Waals surface area contributed by atoms with Crippen LogP contribution in [0.3, 0.4) is 0 Å². The van der Waals surface area contributed by atoms with Gasteiger partial charge in [-0.2, -0.15) is 0 Å². The molecule has 1 fully saturated rings. The lowest BCUT2D eigenvalue weighted by molar-refractivity contribution is -0.135. The van der Waals surface area contributed by atoms with Gasteiger partial charge in [-0.25, -0.2) is 5.84 Å². The summed E-state index contributed by atoms with van der Waals surface area (Å²) in [5.41, 5.74) is 2.17. The van der Waals surface area contributed by atoms with Crippen molar-refractivity contribution in [2.24, 2.45) is 5.84 Å². The van der Waals surface area contributed by atoms with E-state index in [1.165, 1.54) is 0 Å². The van der Waals surface area contributed by atoms with Gasteiger partial charge >= 0.3 is 5.91 Å². The van der Waals surface area contributed by atoms with E-state index < -0.39 is 11.4 Å². The lowest BCUT2D eigenvalue weighted by Gasteiger charge is -2.40. The lowest BCUT2D eigenvalue weighted by atomic mass is 9.99. The number of hydrazine groups is 1. The minimum Gasteiger partial charge on any atom is -0.454 e. The number of carbonyl (C=O) groups excluding carboxylic acids is 2. The van der Waals surface area contributed by atoms with Crippen molar-refractivity contribution in [3.8, 4) is 0 Å². The van der Waals surface area contributed by atoms with Crippen molar-refractivity contribution in [3.63, 3.8) is 0 Å². The highest BCUT2D eigenvalue weighted by Crippen LogP contribution is 2.23. The Morgan fingerprint density at radius 2 is 2.30 bits per heavy atom. The minimum absolute atomic E-state index is 0.00745. The predicted octanol–water partition coefficient (Wildman–Crippen LogP) is -0.0981. The molecule has 0 spiro atoms. The monoisotopic (exact) mass is 280 g/mol. The first-order valence-electron chi connectivity index (χ1n) is 6.50. The van der Waals surface area contributed by atoms with Crippen LogP contribution in [-0.2, 0) is 11.3 Å².